The lowest BCUT2D eigenvalue weighted by molar-refractivity contribution is -0.139. The number of benzene rings is 1. The van der Waals surface area contributed by atoms with Crippen LogP contribution in [0.25, 0.3) is 0 Å². The fraction of sp³-hybridized carbons (Fsp3) is 0.881. The van der Waals surface area contributed by atoms with Crippen LogP contribution in [0.4, 0.5) is 0 Å². The molecule has 1 rings (SSSR count). The summed E-state index contributed by atoms with van der Waals surface area (Å²) in [4.78, 5) is 20.1. The predicted molar refractivity (Wildman–Crippen MR) is 366 cm³/mol. The number of thioether (sulfide) groups is 2. The van der Waals surface area contributed by atoms with Crippen molar-refractivity contribution in [2.75, 3.05) is 49.5 Å². The number of hydrogen-bond acceptors (Lipinski definition) is 10. The highest BCUT2D eigenvalue weighted by Crippen LogP contribution is 2.24. The third-order valence-electron chi connectivity index (χ3n) is 9.55. The first kappa shape index (κ1) is 97.0. The highest BCUT2D eigenvalue weighted by Gasteiger charge is 2.17. The molecular formula is C67H144N2O7S3. The van der Waals surface area contributed by atoms with Crippen LogP contribution in [0, 0.1) is 54.1 Å². The summed E-state index contributed by atoms with van der Waals surface area (Å²) in [6.07, 6.45) is 12.6. The van der Waals surface area contributed by atoms with Gasteiger partial charge in [-0.2, -0.15) is 36.2 Å². The second-order valence-electron chi connectivity index (χ2n) is 32.7. The van der Waals surface area contributed by atoms with Gasteiger partial charge in [-0.15, -0.1) is 0 Å². The van der Waals surface area contributed by atoms with Gasteiger partial charge in [0.2, 0.25) is 0 Å². The summed E-state index contributed by atoms with van der Waals surface area (Å²) in [5.41, 5.74) is 14.9. The Morgan fingerprint density at radius 2 is 0.861 bits per heavy atom. The molecule has 0 bridgehead atoms. The highest BCUT2D eigenvalue weighted by molar-refractivity contribution is 7.98. The van der Waals surface area contributed by atoms with Crippen molar-refractivity contribution in [2.24, 2.45) is 65.6 Å². The number of hydrogen-bond donors (Lipinski definition) is 8. The molecule has 1 aromatic carbocycles. The van der Waals surface area contributed by atoms with Crippen molar-refractivity contribution in [3.63, 3.8) is 0 Å². The summed E-state index contributed by atoms with van der Waals surface area (Å²) in [5, 5.41) is 42.9. The van der Waals surface area contributed by atoms with E-state index in [4.69, 9.17) is 37.0 Å². The number of carboxylic acids is 2. The Morgan fingerprint density at radius 3 is 0.987 bits per heavy atom. The van der Waals surface area contributed by atoms with E-state index < -0.39 is 11.9 Å². The standard InChI is InChI=1S/C11H16O.C8H19N.C7H14O2.C7H16S.C6H15N.C6H12O2.C6H14O.C6H14S.C5H12O.C5H12S/c1-11(2,3)8-9-4-6-10(12)7-5-9;1-8(2,3)6-4-5-7-9;1-7(2,3)5-4-6(8)9;1-7(2,3)5-6-8-4;1-6(2,3)4-5-7;1-6(2,3)4-5(7)8;1-5(7)6(2,3)4;1-6(2,3)5-7-4;2*1-5(2,3)4-6/h4-7,12H,8H2,1-3H3;4-7,9H2,1-3H3;4-5H2,1-3H3,(H,8,9);5-6H2,1-4H3;4-5,7H2,1-3H3;4H2,1-3H3,(H,7,8);5,7H,1-4H3;5H2,1-4H3;2*6H,4H2,1-3H3. The van der Waals surface area contributed by atoms with E-state index >= 15 is 0 Å². The Hall–Kier alpha value is -1.15. The van der Waals surface area contributed by atoms with E-state index in [0.717, 1.165) is 38.1 Å². The maximum Gasteiger partial charge on any atom is 0.303 e. The maximum absolute atomic E-state index is 10.0. The predicted octanol–water partition coefficient (Wildman–Crippen LogP) is 19.5. The molecule has 0 spiro atoms. The van der Waals surface area contributed by atoms with E-state index in [9.17, 15) is 9.59 Å². The largest absolute Gasteiger partial charge is 0.508 e. The van der Waals surface area contributed by atoms with E-state index in [1.807, 2.05) is 119 Å². The molecule has 0 saturated carbocycles. The number of thiol groups is 1. The van der Waals surface area contributed by atoms with E-state index in [0.29, 0.717) is 38.2 Å². The van der Waals surface area contributed by atoms with Crippen LogP contribution in [0.1, 0.15) is 272 Å². The first-order chi connectivity index (χ1) is 34.6. The molecule has 1 unspecified atom stereocenters. The van der Waals surface area contributed by atoms with E-state index in [2.05, 4.69) is 150 Å². The molecule has 0 saturated heterocycles. The van der Waals surface area contributed by atoms with E-state index in [-0.39, 0.29) is 47.2 Å². The van der Waals surface area contributed by atoms with Crippen molar-refractivity contribution >= 4 is 48.1 Å². The number of aliphatic hydroxyl groups is 2. The number of phenols is 1. The van der Waals surface area contributed by atoms with Gasteiger partial charge in [0.15, 0.2) is 0 Å². The lowest BCUT2D eigenvalue weighted by Crippen LogP contribution is -2.21. The minimum atomic E-state index is -0.725. The van der Waals surface area contributed by atoms with Crippen LogP contribution < -0.4 is 11.5 Å². The van der Waals surface area contributed by atoms with Gasteiger partial charge >= 0.3 is 11.9 Å². The van der Waals surface area contributed by atoms with Gasteiger partial charge in [0, 0.05) is 13.0 Å². The number of unbranched alkanes of at least 4 members (excludes halogenated alkanes) is 1. The maximum atomic E-state index is 10.0. The average Bonchev–Trinajstić information content (AvgIpc) is 3.18. The first-order valence-electron chi connectivity index (χ1n) is 29.1. The lowest BCUT2D eigenvalue weighted by atomic mass is 9.88. The van der Waals surface area contributed by atoms with Crippen molar-refractivity contribution in [2.45, 2.75) is 279 Å². The van der Waals surface area contributed by atoms with Gasteiger partial charge in [-0.3, -0.25) is 9.59 Å². The van der Waals surface area contributed by atoms with Crippen molar-refractivity contribution < 1.29 is 35.1 Å². The fourth-order valence-corrected chi connectivity index (χ4v) is 5.92. The van der Waals surface area contributed by atoms with E-state index in [1.165, 1.54) is 42.8 Å². The Labute approximate surface area is 509 Å². The topological polar surface area (TPSA) is 187 Å². The summed E-state index contributed by atoms with van der Waals surface area (Å²) in [6, 6.07) is 7.42. The SMILES string of the molecule is CC(C)(C)CC(=O)O.CC(C)(C)CCC(=O)O.CC(C)(C)CCCCN.CC(C)(C)CCN.CC(C)(C)CO.CC(C)(C)CS.CC(C)(C)Cc1ccc(O)cc1.CC(O)C(C)(C)C.CSCC(C)(C)C.CSCCC(C)(C)C. The van der Waals surface area contributed by atoms with Crippen molar-refractivity contribution in [1.29, 1.82) is 0 Å². The molecule has 0 aliphatic heterocycles. The van der Waals surface area contributed by atoms with Crippen LogP contribution in [-0.2, 0) is 16.0 Å². The molecule has 0 fully saturated rings. The molecule has 0 heterocycles. The summed E-state index contributed by atoms with van der Waals surface area (Å²) >= 11 is 7.94. The second-order valence-corrected chi connectivity index (χ2v) is 34.8. The third-order valence-corrected chi connectivity index (χ3v) is 12.3. The van der Waals surface area contributed by atoms with Crippen molar-refractivity contribution in [1.82, 2.24) is 0 Å². The van der Waals surface area contributed by atoms with Gasteiger partial charge in [-0.1, -0.05) is 226 Å². The number of aromatic hydroxyl groups is 1. The Kier molecular flexibility index (Phi) is 60.3. The minimum absolute atomic E-state index is 0.0556. The highest BCUT2D eigenvalue weighted by atomic mass is 32.2. The number of nitrogens with two attached hydrogens (primary N) is 2. The lowest BCUT2D eigenvalue weighted by Gasteiger charge is -2.21. The monoisotopic (exact) mass is 1190 g/mol. The van der Waals surface area contributed by atoms with Crippen LogP contribution in [0.2, 0.25) is 0 Å². The minimum Gasteiger partial charge on any atom is -0.508 e. The average molecular weight is 1190 g/mol. The third kappa shape index (κ3) is 138. The van der Waals surface area contributed by atoms with Crippen LogP contribution in [0.5, 0.6) is 5.75 Å². The van der Waals surface area contributed by atoms with Crippen LogP contribution in [0.3, 0.4) is 0 Å². The molecule has 0 aliphatic carbocycles. The molecule has 1 aromatic rings. The fourth-order valence-electron chi connectivity index (χ4n) is 4.24. The molecule has 0 aromatic heterocycles. The number of aliphatic carboxylic acids is 2. The second kappa shape index (κ2) is 49.1. The number of rotatable bonds is 11. The normalized spacial score (nSPS) is 12.2. The molecule has 0 aliphatic rings. The number of phenolic OH excluding ortho intramolecular Hbond substituents is 1. The zero-order valence-electron chi connectivity index (χ0n) is 59.0. The molecule has 9 N–H and O–H groups in total. The number of carbonyl (C=O) groups is 2. The smallest absolute Gasteiger partial charge is 0.303 e. The molecular weight excluding hydrogens is 1040 g/mol. The Bertz CT molecular complexity index is 1450. The summed E-state index contributed by atoms with van der Waals surface area (Å²) in [6.45, 7) is 67.7. The van der Waals surface area contributed by atoms with Crippen LogP contribution >= 0.6 is 36.2 Å². The van der Waals surface area contributed by atoms with Gasteiger partial charge in [0.25, 0.3) is 0 Å². The molecule has 79 heavy (non-hydrogen) atoms. The van der Waals surface area contributed by atoms with Crippen LogP contribution in [0.15, 0.2) is 24.3 Å². The van der Waals surface area contributed by atoms with Gasteiger partial charge in [0.1, 0.15) is 5.75 Å². The molecule has 12 heteroatoms. The summed E-state index contributed by atoms with van der Waals surface area (Å²) in [7, 11) is 0. The van der Waals surface area contributed by atoms with Crippen molar-refractivity contribution in [3.05, 3.63) is 29.8 Å². The molecule has 0 radical (unpaired) electrons. The van der Waals surface area contributed by atoms with E-state index in [1.54, 1.807) is 19.1 Å². The Balaban J connectivity index is -0.0000000992. The zero-order valence-corrected chi connectivity index (χ0v) is 61.5. The van der Waals surface area contributed by atoms with Gasteiger partial charge in [-0.25, -0.2) is 0 Å². The van der Waals surface area contributed by atoms with Crippen molar-refractivity contribution in [3.8, 4) is 5.75 Å². The molecule has 9 nitrogen and oxygen atoms in total. The molecule has 482 valence electrons. The number of aliphatic hydroxyl groups excluding tert-OH is 2. The Morgan fingerprint density at radius 1 is 0.506 bits per heavy atom. The quantitative estimate of drug-likeness (QED) is 0.0778. The van der Waals surface area contributed by atoms with Gasteiger partial charge in [0.05, 0.1) is 12.5 Å². The number of carboxylic acid groups (broad SMARTS) is 2. The first-order valence-corrected chi connectivity index (χ1v) is 32.5. The van der Waals surface area contributed by atoms with Crippen LogP contribution in [-0.4, -0.2) is 93.0 Å². The zero-order chi connectivity index (χ0) is 65.7. The summed E-state index contributed by atoms with van der Waals surface area (Å²) in [5.74, 6) is 2.43. The van der Waals surface area contributed by atoms with Gasteiger partial charge < -0.3 is 37.0 Å². The van der Waals surface area contributed by atoms with Gasteiger partial charge in [-0.05, 0) is 160 Å². The summed E-state index contributed by atoms with van der Waals surface area (Å²) < 4.78 is 0. The molecule has 0 amide bonds. The molecule has 1 atom stereocenters.